The third kappa shape index (κ3) is 5.15. The molecule has 2 unspecified atom stereocenters. The Hall–Kier alpha value is -2.24. The van der Waals surface area contributed by atoms with Gasteiger partial charge in [0.25, 0.3) is 0 Å². The van der Waals surface area contributed by atoms with Crippen molar-refractivity contribution >= 4 is 74.9 Å². The van der Waals surface area contributed by atoms with E-state index in [2.05, 4.69) is 10.2 Å². The molecule has 0 aliphatic carbocycles. The summed E-state index contributed by atoms with van der Waals surface area (Å²) in [4.78, 5) is 25.7. The fourth-order valence-electron chi connectivity index (χ4n) is 3.14. The lowest BCUT2D eigenvalue weighted by Crippen LogP contribution is -2.31. The Kier molecular flexibility index (Phi) is 7.20. The molecule has 4 rings (SSSR count). The SMILES string of the molecule is O=C(O)CC1SC(c2ccccc2O)N(c2nnc(COc3c(Cl)cc(Cl)cc3Cl)s2)C1=O. The van der Waals surface area contributed by atoms with E-state index in [-0.39, 0.29) is 39.7 Å². The number of aromatic hydroxyl groups is 1. The molecule has 0 radical (unpaired) electrons. The minimum Gasteiger partial charge on any atom is -0.508 e. The molecule has 1 aromatic heterocycles. The molecule has 8 nitrogen and oxygen atoms in total. The van der Waals surface area contributed by atoms with Gasteiger partial charge in [0.15, 0.2) is 10.8 Å². The molecule has 0 spiro atoms. The van der Waals surface area contributed by atoms with Crippen LogP contribution >= 0.6 is 57.9 Å². The van der Waals surface area contributed by atoms with Gasteiger partial charge in [-0.3, -0.25) is 14.5 Å². The van der Waals surface area contributed by atoms with Gasteiger partial charge >= 0.3 is 5.97 Å². The number of benzene rings is 2. The number of carboxylic acid groups (broad SMARTS) is 1. The summed E-state index contributed by atoms with van der Waals surface area (Å²) in [6, 6.07) is 9.55. The maximum Gasteiger partial charge on any atom is 0.305 e. The Bertz CT molecular complexity index is 1200. The Balaban J connectivity index is 1.59. The van der Waals surface area contributed by atoms with E-state index in [1.807, 2.05) is 0 Å². The van der Waals surface area contributed by atoms with Crippen LogP contribution in [0.4, 0.5) is 5.13 Å². The number of amides is 1. The summed E-state index contributed by atoms with van der Waals surface area (Å²) in [5.41, 5.74) is 0.469. The first-order valence-electron chi connectivity index (χ1n) is 9.32. The summed E-state index contributed by atoms with van der Waals surface area (Å²) in [6.07, 6.45) is -0.355. The Morgan fingerprint density at radius 3 is 2.52 bits per heavy atom. The number of nitrogens with zero attached hydrogens (tertiary/aromatic N) is 3. The third-order valence-corrected chi connectivity index (χ3v) is 7.66. The highest BCUT2D eigenvalue weighted by atomic mass is 35.5. The lowest BCUT2D eigenvalue weighted by atomic mass is 10.2. The second-order valence-corrected chi connectivity index (χ2v) is 10.4. The van der Waals surface area contributed by atoms with Crippen molar-refractivity contribution in [2.45, 2.75) is 23.7 Å². The summed E-state index contributed by atoms with van der Waals surface area (Å²) in [7, 11) is 0. The zero-order valence-electron chi connectivity index (χ0n) is 16.4. The maximum atomic E-state index is 13.1. The van der Waals surface area contributed by atoms with E-state index in [4.69, 9.17) is 39.5 Å². The number of carboxylic acids is 1. The molecule has 1 aliphatic heterocycles. The molecular formula is C20H14Cl3N3O5S2. The summed E-state index contributed by atoms with van der Waals surface area (Å²) in [5.74, 6) is -1.30. The van der Waals surface area contributed by atoms with Gasteiger partial charge in [0.1, 0.15) is 17.7 Å². The largest absolute Gasteiger partial charge is 0.508 e. The van der Waals surface area contributed by atoms with E-state index in [1.165, 1.54) is 23.1 Å². The van der Waals surface area contributed by atoms with Gasteiger partial charge < -0.3 is 14.9 Å². The Morgan fingerprint density at radius 2 is 1.85 bits per heavy atom. The number of ether oxygens (including phenoxy) is 1. The molecular weight excluding hydrogens is 533 g/mol. The summed E-state index contributed by atoms with van der Waals surface area (Å²) >= 11 is 20.4. The molecule has 1 saturated heterocycles. The molecule has 1 fully saturated rings. The normalized spacial score (nSPS) is 18.0. The van der Waals surface area contributed by atoms with E-state index in [9.17, 15) is 19.8 Å². The molecule has 2 aromatic carbocycles. The van der Waals surface area contributed by atoms with Crippen LogP contribution in [0, 0.1) is 0 Å². The van der Waals surface area contributed by atoms with Crippen LogP contribution in [0.15, 0.2) is 36.4 Å². The number of carbonyl (C=O) groups excluding carboxylic acids is 1. The summed E-state index contributed by atoms with van der Waals surface area (Å²) in [6.45, 7) is -0.0201. The van der Waals surface area contributed by atoms with Gasteiger partial charge in [0.2, 0.25) is 11.0 Å². The van der Waals surface area contributed by atoms with Crippen LogP contribution in [0.25, 0.3) is 0 Å². The number of hydrogen-bond donors (Lipinski definition) is 2. The van der Waals surface area contributed by atoms with Crippen molar-refractivity contribution in [3.63, 3.8) is 0 Å². The van der Waals surface area contributed by atoms with E-state index in [0.717, 1.165) is 23.1 Å². The molecule has 1 amide bonds. The number of carbonyl (C=O) groups is 2. The first kappa shape index (κ1) is 23.9. The number of thioether (sulfide) groups is 1. The Labute approximate surface area is 211 Å². The highest BCUT2D eigenvalue weighted by molar-refractivity contribution is 8.01. The molecule has 0 saturated carbocycles. The highest BCUT2D eigenvalue weighted by Gasteiger charge is 2.45. The summed E-state index contributed by atoms with van der Waals surface area (Å²) < 4.78 is 5.67. The zero-order valence-corrected chi connectivity index (χ0v) is 20.3. The molecule has 33 heavy (non-hydrogen) atoms. The van der Waals surface area contributed by atoms with Crippen LogP contribution in [0.1, 0.15) is 22.4 Å². The number of aliphatic carboxylic acids is 1. The standard InChI is InChI=1S/C20H14Cl3N3O5S2/c21-9-5-11(22)17(12(23)6-9)31-8-15-24-25-20(33-15)26-18(30)14(7-16(28)29)32-19(26)10-3-1-2-4-13(10)27/h1-6,14,19,27H,7-8H2,(H,28,29). The number of phenols is 1. The number of para-hydroxylation sites is 1. The highest BCUT2D eigenvalue weighted by Crippen LogP contribution is 2.49. The minimum absolute atomic E-state index is 0.0103. The average Bonchev–Trinajstić information content (AvgIpc) is 3.32. The molecule has 2 heterocycles. The second kappa shape index (κ2) is 9.94. The average molecular weight is 547 g/mol. The van der Waals surface area contributed by atoms with E-state index in [1.54, 1.807) is 18.2 Å². The quantitative estimate of drug-likeness (QED) is 0.405. The molecule has 2 N–H and O–H groups in total. The van der Waals surface area contributed by atoms with Crippen molar-refractivity contribution in [3.05, 3.63) is 62.0 Å². The van der Waals surface area contributed by atoms with Crippen LogP contribution < -0.4 is 9.64 Å². The van der Waals surface area contributed by atoms with Crippen molar-refractivity contribution in [1.82, 2.24) is 10.2 Å². The topological polar surface area (TPSA) is 113 Å². The van der Waals surface area contributed by atoms with Crippen molar-refractivity contribution in [1.29, 1.82) is 0 Å². The van der Waals surface area contributed by atoms with Gasteiger partial charge in [0, 0.05) is 10.6 Å². The van der Waals surface area contributed by atoms with Crippen LogP contribution in [0.3, 0.4) is 0 Å². The molecule has 3 aromatic rings. The van der Waals surface area contributed by atoms with Crippen LogP contribution in [0.2, 0.25) is 15.1 Å². The van der Waals surface area contributed by atoms with Gasteiger partial charge in [-0.05, 0) is 18.2 Å². The third-order valence-electron chi connectivity index (χ3n) is 4.57. The van der Waals surface area contributed by atoms with Gasteiger partial charge in [0.05, 0.1) is 21.7 Å². The summed E-state index contributed by atoms with van der Waals surface area (Å²) in [5, 5.41) is 27.7. The number of hydrogen-bond acceptors (Lipinski definition) is 8. The number of phenolic OH excluding ortho intramolecular Hbond substituents is 1. The Morgan fingerprint density at radius 1 is 1.15 bits per heavy atom. The van der Waals surface area contributed by atoms with Gasteiger partial charge in [-0.15, -0.1) is 22.0 Å². The van der Waals surface area contributed by atoms with Crippen molar-refractivity contribution < 1.29 is 24.5 Å². The molecule has 1 aliphatic rings. The maximum absolute atomic E-state index is 13.1. The van der Waals surface area contributed by atoms with Gasteiger partial charge in [-0.1, -0.05) is 64.3 Å². The number of rotatable bonds is 7. The predicted molar refractivity (Wildman–Crippen MR) is 128 cm³/mol. The van der Waals surface area contributed by atoms with Crippen molar-refractivity contribution in [3.8, 4) is 11.5 Å². The van der Waals surface area contributed by atoms with Crippen LogP contribution in [0.5, 0.6) is 11.5 Å². The molecule has 2 atom stereocenters. The van der Waals surface area contributed by atoms with Gasteiger partial charge in [-0.2, -0.15) is 0 Å². The van der Waals surface area contributed by atoms with Crippen LogP contribution in [-0.2, 0) is 16.2 Å². The smallest absolute Gasteiger partial charge is 0.305 e. The van der Waals surface area contributed by atoms with Crippen LogP contribution in [-0.4, -0.2) is 37.5 Å². The lowest BCUT2D eigenvalue weighted by molar-refractivity contribution is -0.138. The minimum atomic E-state index is -1.10. The first-order chi connectivity index (χ1) is 15.7. The number of halogens is 3. The first-order valence-corrected chi connectivity index (χ1v) is 12.2. The van der Waals surface area contributed by atoms with Crippen molar-refractivity contribution in [2.24, 2.45) is 0 Å². The predicted octanol–water partition coefficient (Wildman–Crippen LogP) is 5.40. The molecule has 13 heteroatoms. The fourth-order valence-corrected chi connectivity index (χ4v) is 6.37. The second-order valence-electron chi connectivity index (χ2n) is 6.81. The number of aromatic nitrogens is 2. The fraction of sp³-hybridized carbons (Fsp3) is 0.200. The van der Waals surface area contributed by atoms with Gasteiger partial charge in [-0.25, -0.2) is 0 Å². The molecule has 0 bridgehead atoms. The monoisotopic (exact) mass is 545 g/mol. The molecule has 172 valence electrons. The van der Waals surface area contributed by atoms with E-state index < -0.39 is 22.5 Å². The zero-order chi connectivity index (χ0) is 23.7. The van der Waals surface area contributed by atoms with E-state index in [0.29, 0.717) is 15.6 Å². The number of anilines is 1. The van der Waals surface area contributed by atoms with E-state index >= 15 is 0 Å². The van der Waals surface area contributed by atoms with Crippen molar-refractivity contribution in [2.75, 3.05) is 4.90 Å². The lowest BCUT2D eigenvalue weighted by Gasteiger charge is -2.21.